The second-order valence-electron chi connectivity index (χ2n) is 14.2. The molecule has 4 saturated heterocycles. The van der Waals surface area contributed by atoms with Crippen LogP contribution in [0.25, 0.3) is 43.7 Å². The number of ether oxygens (including phenoxy) is 1. The molecule has 2 N–H and O–H groups in total. The summed E-state index contributed by atoms with van der Waals surface area (Å²) >= 11 is 0. The molecular weight excluding hydrogens is 619 g/mol. The summed E-state index contributed by atoms with van der Waals surface area (Å²) in [5, 5.41) is 21.5. The molecule has 2 bridgehead atoms. The average Bonchev–Trinajstić information content (AvgIpc) is 3.81. The van der Waals surface area contributed by atoms with Crippen molar-refractivity contribution in [3.8, 4) is 22.9 Å². The molecule has 0 spiro atoms. The Morgan fingerprint density at radius 1 is 1.06 bits per heavy atom. The molecule has 0 unspecified atom stereocenters. The van der Waals surface area contributed by atoms with Crippen LogP contribution in [0, 0.1) is 11.6 Å². The normalized spacial score (nSPS) is 25.6. The fourth-order valence-corrected chi connectivity index (χ4v) is 9.11. The minimum atomic E-state index is -0.910. The van der Waals surface area contributed by atoms with Gasteiger partial charge in [0.15, 0.2) is 5.82 Å². The van der Waals surface area contributed by atoms with Crippen LogP contribution in [0.2, 0.25) is 0 Å². The Balaban J connectivity index is 1.29. The monoisotopic (exact) mass is 657 g/mol. The van der Waals surface area contributed by atoms with Gasteiger partial charge in [0.2, 0.25) is 0 Å². The van der Waals surface area contributed by atoms with Crippen molar-refractivity contribution in [3.05, 3.63) is 47.7 Å². The first kappa shape index (κ1) is 29.9. The maximum atomic E-state index is 17.5. The molecule has 250 valence electrons. The van der Waals surface area contributed by atoms with Gasteiger partial charge in [-0.05, 0) is 78.7 Å². The van der Waals surface area contributed by atoms with Gasteiger partial charge in [-0.2, -0.15) is 15.1 Å². The molecule has 0 amide bonds. The lowest BCUT2D eigenvalue weighted by atomic mass is 9.90. The third-order valence-corrected chi connectivity index (χ3v) is 11.2. The van der Waals surface area contributed by atoms with Crippen molar-refractivity contribution in [1.82, 2.24) is 30.0 Å². The molecule has 2 aromatic heterocycles. The zero-order chi connectivity index (χ0) is 32.9. The number of piperazine rings is 1. The van der Waals surface area contributed by atoms with E-state index in [1.54, 1.807) is 23.9 Å². The first-order chi connectivity index (χ1) is 23.2. The van der Waals surface area contributed by atoms with Gasteiger partial charge < -0.3 is 20.1 Å². The number of nitrogens with zero attached hydrogens (tertiary/aromatic N) is 6. The highest BCUT2D eigenvalue weighted by molar-refractivity contribution is 6.18. The second kappa shape index (κ2) is 10.9. The lowest BCUT2D eigenvalue weighted by Gasteiger charge is -2.35. The summed E-state index contributed by atoms with van der Waals surface area (Å²) in [5.41, 5.74) is 0.914. The summed E-state index contributed by atoms with van der Waals surface area (Å²) < 4.78 is 55.4. The van der Waals surface area contributed by atoms with Crippen LogP contribution in [-0.2, 0) is 13.5 Å². The molecule has 5 aromatic rings. The fraction of sp³-hybridized carbons (Fsp3) is 0.472. The summed E-state index contributed by atoms with van der Waals surface area (Å²) in [4.78, 5) is 14.1. The van der Waals surface area contributed by atoms with Crippen molar-refractivity contribution < 1.29 is 23.0 Å². The molecule has 4 fully saturated rings. The molecule has 0 saturated carbocycles. The van der Waals surface area contributed by atoms with Gasteiger partial charge in [-0.25, -0.2) is 13.2 Å². The van der Waals surface area contributed by atoms with Gasteiger partial charge in [-0.1, -0.05) is 13.0 Å². The van der Waals surface area contributed by atoms with E-state index in [2.05, 4.69) is 15.1 Å². The predicted molar refractivity (Wildman–Crippen MR) is 178 cm³/mol. The molecule has 4 aliphatic rings. The van der Waals surface area contributed by atoms with Crippen molar-refractivity contribution in [2.75, 3.05) is 37.7 Å². The smallest absolute Gasteiger partial charge is 0.319 e. The third kappa shape index (κ3) is 4.55. The first-order valence-electron chi connectivity index (χ1n) is 17.1. The number of rotatable bonds is 6. The van der Waals surface area contributed by atoms with Crippen LogP contribution in [0.5, 0.6) is 11.8 Å². The number of phenols is 1. The highest BCUT2D eigenvalue weighted by atomic mass is 19.1. The molecule has 9 rings (SSSR count). The van der Waals surface area contributed by atoms with E-state index in [0.717, 1.165) is 32.2 Å². The number of anilines is 1. The maximum Gasteiger partial charge on any atom is 0.319 e. The molecule has 0 aliphatic carbocycles. The van der Waals surface area contributed by atoms with Crippen LogP contribution in [0.1, 0.15) is 44.6 Å². The van der Waals surface area contributed by atoms with E-state index in [0.29, 0.717) is 88.6 Å². The summed E-state index contributed by atoms with van der Waals surface area (Å²) in [6.07, 6.45) is 5.60. The predicted octanol–water partition coefficient (Wildman–Crippen LogP) is 5.78. The number of hydrogen-bond donors (Lipinski definition) is 2. The molecule has 48 heavy (non-hydrogen) atoms. The topological polar surface area (TPSA) is 91.6 Å². The van der Waals surface area contributed by atoms with Crippen LogP contribution in [0.4, 0.5) is 19.0 Å². The second-order valence-corrected chi connectivity index (χ2v) is 14.2. The van der Waals surface area contributed by atoms with Crippen LogP contribution in [0.15, 0.2) is 30.5 Å². The summed E-state index contributed by atoms with van der Waals surface area (Å²) in [6.45, 7) is 4.69. The van der Waals surface area contributed by atoms with E-state index in [-0.39, 0.29) is 29.4 Å². The number of phenolic OH excluding ortho intramolecular Hbond substituents is 1. The largest absolute Gasteiger partial charge is 0.508 e. The van der Waals surface area contributed by atoms with Crippen LogP contribution < -0.4 is 15.0 Å². The molecule has 12 heteroatoms. The Morgan fingerprint density at radius 2 is 1.88 bits per heavy atom. The van der Waals surface area contributed by atoms with Crippen LogP contribution >= 0.6 is 0 Å². The number of fused-ring (bicyclic) bond motifs is 7. The minimum absolute atomic E-state index is 0.0426. The SMILES string of the molecule is CCc1c(F)ccc2cc(O)cc(-c3c(F)c4nc(OC[C@@]56CCCN5C[C@H](F)C6)nc(N5C[C@H]6CC[C@@H](C5)N6)c4c4cn(C)nc34)c12. The van der Waals surface area contributed by atoms with Crippen molar-refractivity contribution in [1.29, 1.82) is 0 Å². The van der Waals surface area contributed by atoms with Crippen LogP contribution in [-0.4, -0.2) is 86.3 Å². The fourth-order valence-electron chi connectivity index (χ4n) is 9.11. The number of aryl methyl sites for hydroxylation is 2. The van der Waals surface area contributed by atoms with Crippen molar-refractivity contribution in [3.63, 3.8) is 0 Å². The Morgan fingerprint density at radius 3 is 2.67 bits per heavy atom. The Kier molecular flexibility index (Phi) is 6.82. The number of aromatic hydroxyl groups is 1. The highest BCUT2D eigenvalue weighted by Crippen LogP contribution is 2.46. The Hall–Kier alpha value is -4.16. The van der Waals surface area contributed by atoms with Crippen molar-refractivity contribution in [2.45, 2.75) is 69.2 Å². The summed E-state index contributed by atoms with van der Waals surface area (Å²) in [5.74, 6) is -0.534. The van der Waals surface area contributed by atoms with Gasteiger partial charge >= 0.3 is 6.01 Å². The molecule has 6 heterocycles. The van der Waals surface area contributed by atoms with E-state index >= 15 is 8.78 Å². The molecule has 0 radical (unpaired) electrons. The lowest BCUT2D eigenvalue weighted by molar-refractivity contribution is 0.107. The van der Waals surface area contributed by atoms with E-state index in [1.165, 1.54) is 12.1 Å². The zero-order valence-corrected chi connectivity index (χ0v) is 27.1. The minimum Gasteiger partial charge on any atom is -0.508 e. The molecule has 3 aromatic carbocycles. The number of aromatic nitrogens is 4. The van der Waals surface area contributed by atoms with Crippen LogP contribution in [0.3, 0.4) is 0 Å². The lowest BCUT2D eigenvalue weighted by Crippen LogP contribution is -2.51. The standard InChI is InChI=1S/C36H38F3N7O2/c1-3-24-27(38)8-5-19-11-23(47)12-25(28(19)24)29-31(39)33-30(26-17-44(2)43-32(26)29)34(45-15-21-6-7-22(16-45)40-21)42-35(41-33)48-18-36-9-4-10-46(36)14-20(37)13-36/h5,8,11-12,17,20-22,40,47H,3-4,6-7,9-10,13-16,18H2,1-2H3/t20-,21-,22+,36+/m1/s1. The van der Waals surface area contributed by atoms with Gasteiger partial charge in [0.25, 0.3) is 0 Å². The van der Waals surface area contributed by atoms with Crippen molar-refractivity contribution >= 4 is 38.4 Å². The molecule has 4 atom stereocenters. The van der Waals surface area contributed by atoms with Gasteiger partial charge in [-0.15, -0.1) is 0 Å². The van der Waals surface area contributed by atoms with E-state index in [1.807, 2.05) is 13.1 Å². The number of nitrogens with one attached hydrogen (secondary N) is 1. The number of alkyl halides is 1. The number of halogens is 3. The molecule has 4 aliphatic heterocycles. The summed E-state index contributed by atoms with van der Waals surface area (Å²) in [7, 11) is 1.78. The Bertz CT molecular complexity index is 2110. The van der Waals surface area contributed by atoms with Gasteiger partial charge in [0, 0.05) is 62.3 Å². The highest BCUT2D eigenvalue weighted by Gasteiger charge is 2.49. The van der Waals surface area contributed by atoms with E-state index in [9.17, 15) is 9.50 Å². The van der Waals surface area contributed by atoms with Crippen molar-refractivity contribution in [2.24, 2.45) is 7.05 Å². The van der Waals surface area contributed by atoms with Gasteiger partial charge in [0.1, 0.15) is 41.2 Å². The van der Waals surface area contributed by atoms with Gasteiger partial charge in [-0.3, -0.25) is 9.58 Å². The summed E-state index contributed by atoms with van der Waals surface area (Å²) in [6, 6.07) is 6.64. The van der Waals surface area contributed by atoms with Gasteiger partial charge in [0.05, 0.1) is 10.9 Å². The number of benzene rings is 3. The first-order valence-corrected chi connectivity index (χ1v) is 17.1. The Labute approximate surface area is 275 Å². The molecule has 9 nitrogen and oxygen atoms in total. The average molecular weight is 658 g/mol. The van der Waals surface area contributed by atoms with E-state index < -0.39 is 23.3 Å². The third-order valence-electron chi connectivity index (χ3n) is 11.2. The number of hydrogen-bond acceptors (Lipinski definition) is 8. The zero-order valence-electron chi connectivity index (χ0n) is 27.1. The van der Waals surface area contributed by atoms with E-state index in [4.69, 9.17) is 19.8 Å². The molecular formula is C36H38F3N7O2. The maximum absolute atomic E-state index is 17.5. The quantitative estimate of drug-likeness (QED) is 0.238.